The summed E-state index contributed by atoms with van der Waals surface area (Å²) < 4.78 is 7.53. The van der Waals surface area contributed by atoms with Gasteiger partial charge in [0.05, 0.1) is 12.4 Å². The molecule has 1 aromatic heterocycles. The predicted octanol–water partition coefficient (Wildman–Crippen LogP) is 3.17. The van der Waals surface area contributed by atoms with Gasteiger partial charge in [0.25, 0.3) is 0 Å². The Morgan fingerprint density at radius 3 is 2.67 bits per heavy atom. The van der Waals surface area contributed by atoms with Crippen molar-refractivity contribution in [2.45, 2.75) is 39.3 Å². The number of nitrogens with one attached hydrogen (secondary N) is 1. The molecule has 4 heteroatoms. The van der Waals surface area contributed by atoms with Gasteiger partial charge in [0.2, 0.25) is 0 Å². The zero-order valence-corrected chi connectivity index (χ0v) is 13.0. The Labute approximate surface area is 127 Å². The van der Waals surface area contributed by atoms with Crippen molar-refractivity contribution in [1.29, 1.82) is 0 Å². The summed E-state index contributed by atoms with van der Waals surface area (Å²) in [5.41, 5.74) is 2.44. The summed E-state index contributed by atoms with van der Waals surface area (Å²) in [6, 6.07) is 8.55. The van der Waals surface area contributed by atoms with Crippen molar-refractivity contribution >= 4 is 0 Å². The summed E-state index contributed by atoms with van der Waals surface area (Å²) in [4.78, 5) is 4.06. The number of hydrogen-bond acceptors (Lipinski definition) is 3. The van der Waals surface area contributed by atoms with E-state index in [4.69, 9.17) is 4.74 Å². The van der Waals surface area contributed by atoms with Gasteiger partial charge in [0.1, 0.15) is 0 Å². The summed E-state index contributed by atoms with van der Waals surface area (Å²) in [6.07, 6.45) is 8.16. The van der Waals surface area contributed by atoms with Crippen molar-refractivity contribution in [2.24, 2.45) is 0 Å². The van der Waals surface area contributed by atoms with Crippen molar-refractivity contribution in [3.05, 3.63) is 48.5 Å². The summed E-state index contributed by atoms with van der Waals surface area (Å²) in [6.45, 7) is 6.95. The lowest BCUT2D eigenvalue weighted by Gasteiger charge is -2.08. The Morgan fingerprint density at radius 1 is 1.19 bits per heavy atom. The Bertz CT molecular complexity index is 491. The van der Waals surface area contributed by atoms with Crippen LogP contribution in [0, 0.1) is 0 Å². The van der Waals surface area contributed by atoms with E-state index in [0.717, 1.165) is 38.2 Å². The number of nitrogens with zero attached hydrogens (tertiary/aromatic N) is 2. The maximum absolute atomic E-state index is 5.52. The predicted molar refractivity (Wildman–Crippen MR) is 85.6 cm³/mol. The molecule has 0 aliphatic rings. The van der Waals surface area contributed by atoms with Crippen LogP contribution in [-0.4, -0.2) is 28.8 Å². The van der Waals surface area contributed by atoms with Crippen LogP contribution in [0.15, 0.2) is 43.0 Å². The fourth-order valence-corrected chi connectivity index (χ4v) is 2.10. The molecule has 2 rings (SSSR count). The van der Waals surface area contributed by atoms with E-state index in [-0.39, 0.29) is 0 Å². The van der Waals surface area contributed by atoms with Crippen LogP contribution in [0.5, 0.6) is 0 Å². The minimum Gasteiger partial charge on any atom is -0.379 e. The highest BCUT2D eigenvalue weighted by atomic mass is 16.5. The molecule has 0 amide bonds. The number of rotatable bonds is 9. The molecular weight excluding hydrogens is 262 g/mol. The van der Waals surface area contributed by atoms with Crippen molar-refractivity contribution in [1.82, 2.24) is 14.9 Å². The quantitative estimate of drug-likeness (QED) is 0.720. The molecule has 0 unspecified atom stereocenters. The van der Waals surface area contributed by atoms with Gasteiger partial charge in [-0.1, -0.05) is 12.1 Å². The van der Waals surface area contributed by atoms with Crippen LogP contribution < -0.4 is 5.32 Å². The Balaban J connectivity index is 1.63. The van der Waals surface area contributed by atoms with Gasteiger partial charge in [-0.2, -0.15) is 0 Å². The fourth-order valence-electron chi connectivity index (χ4n) is 2.10. The lowest BCUT2D eigenvalue weighted by atomic mass is 10.2. The average Bonchev–Trinajstić information content (AvgIpc) is 3.01. The van der Waals surface area contributed by atoms with Gasteiger partial charge < -0.3 is 14.6 Å². The topological polar surface area (TPSA) is 39.1 Å². The standard InChI is InChI=1S/C17H25N3O/c1-15(2)21-12-4-3-9-18-13-16-5-7-17(8-6-16)20-11-10-19-14-20/h5-8,10-11,14-15,18H,3-4,9,12-13H2,1-2H3. The monoisotopic (exact) mass is 287 g/mol. The SMILES string of the molecule is CC(C)OCCCCNCc1ccc(-n2ccnc2)cc1. The molecule has 0 aliphatic heterocycles. The van der Waals surface area contributed by atoms with Crippen molar-refractivity contribution in [3.63, 3.8) is 0 Å². The van der Waals surface area contributed by atoms with E-state index in [9.17, 15) is 0 Å². The molecule has 4 nitrogen and oxygen atoms in total. The lowest BCUT2D eigenvalue weighted by molar-refractivity contribution is 0.0760. The molecule has 1 aromatic carbocycles. The maximum atomic E-state index is 5.52. The van der Waals surface area contributed by atoms with Crippen molar-refractivity contribution < 1.29 is 4.74 Å². The van der Waals surface area contributed by atoms with Crippen molar-refractivity contribution in [2.75, 3.05) is 13.2 Å². The Kier molecular flexibility index (Phi) is 6.44. The number of unbranched alkanes of at least 4 members (excludes halogenated alkanes) is 1. The first-order valence-electron chi connectivity index (χ1n) is 7.65. The van der Waals surface area contributed by atoms with E-state index < -0.39 is 0 Å². The molecule has 1 heterocycles. The van der Waals surface area contributed by atoms with Gasteiger partial charge >= 0.3 is 0 Å². The second-order valence-corrected chi connectivity index (χ2v) is 5.44. The van der Waals surface area contributed by atoms with E-state index >= 15 is 0 Å². The summed E-state index contributed by atoms with van der Waals surface area (Å²) in [7, 11) is 0. The smallest absolute Gasteiger partial charge is 0.0991 e. The molecule has 0 saturated heterocycles. The van der Waals surface area contributed by atoms with Gasteiger partial charge in [-0.15, -0.1) is 0 Å². The normalized spacial score (nSPS) is 11.2. The molecule has 0 spiro atoms. The third-order valence-electron chi connectivity index (χ3n) is 3.27. The second-order valence-electron chi connectivity index (χ2n) is 5.44. The largest absolute Gasteiger partial charge is 0.379 e. The summed E-state index contributed by atoms with van der Waals surface area (Å²) >= 11 is 0. The van der Waals surface area contributed by atoms with Crippen molar-refractivity contribution in [3.8, 4) is 5.69 Å². The zero-order valence-electron chi connectivity index (χ0n) is 13.0. The summed E-state index contributed by atoms with van der Waals surface area (Å²) in [5, 5.41) is 3.47. The molecule has 0 saturated carbocycles. The highest BCUT2D eigenvalue weighted by Crippen LogP contribution is 2.09. The van der Waals surface area contributed by atoms with E-state index in [1.807, 2.05) is 17.1 Å². The van der Waals surface area contributed by atoms with E-state index in [1.165, 1.54) is 5.56 Å². The minimum atomic E-state index is 0.340. The molecule has 21 heavy (non-hydrogen) atoms. The van der Waals surface area contributed by atoms with Crippen LogP contribution in [-0.2, 0) is 11.3 Å². The van der Waals surface area contributed by atoms with E-state index in [1.54, 1.807) is 6.20 Å². The molecule has 0 bridgehead atoms. The average molecular weight is 287 g/mol. The summed E-state index contributed by atoms with van der Waals surface area (Å²) in [5.74, 6) is 0. The first-order chi connectivity index (χ1) is 10.3. The molecule has 2 aromatic rings. The Hall–Kier alpha value is -1.65. The zero-order chi connectivity index (χ0) is 14.9. The Morgan fingerprint density at radius 2 is 2.00 bits per heavy atom. The van der Waals surface area contributed by atoms with E-state index in [0.29, 0.717) is 6.10 Å². The molecule has 0 aliphatic carbocycles. The van der Waals surface area contributed by atoms with Crippen LogP contribution in [0.25, 0.3) is 5.69 Å². The van der Waals surface area contributed by atoms with Crippen LogP contribution in [0.1, 0.15) is 32.3 Å². The molecule has 0 radical (unpaired) electrons. The number of hydrogen-bond donors (Lipinski definition) is 1. The first-order valence-corrected chi connectivity index (χ1v) is 7.65. The van der Waals surface area contributed by atoms with Crippen LogP contribution in [0.2, 0.25) is 0 Å². The molecule has 114 valence electrons. The molecule has 1 N–H and O–H groups in total. The minimum absolute atomic E-state index is 0.340. The molecule has 0 fully saturated rings. The fraction of sp³-hybridized carbons (Fsp3) is 0.471. The number of benzene rings is 1. The molecule has 0 atom stereocenters. The van der Waals surface area contributed by atoms with Crippen LogP contribution in [0.3, 0.4) is 0 Å². The second kappa shape index (κ2) is 8.60. The lowest BCUT2D eigenvalue weighted by Crippen LogP contribution is -2.15. The third kappa shape index (κ3) is 5.69. The third-order valence-corrected chi connectivity index (χ3v) is 3.27. The number of ether oxygens (including phenoxy) is 1. The maximum Gasteiger partial charge on any atom is 0.0991 e. The van der Waals surface area contributed by atoms with Gasteiger partial charge in [0, 0.05) is 31.2 Å². The first kappa shape index (κ1) is 15.7. The van der Waals surface area contributed by atoms with E-state index in [2.05, 4.69) is 48.4 Å². The van der Waals surface area contributed by atoms with Crippen LogP contribution in [0.4, 0.5) is 0 Å². The van der Waals surface area contributed by atoms with Gasteiger partial charge in [-0.3, -0.25) is 0 Å². The van der Waals surface area contributed by atoms with Gasteiger partial charge in [-0.25, -0.2) is 4.98 Å². The molecular formula is C17H25N3O. The van der Waals surface area contributed by atoms with Crippen LogP contribution >= 0.6 is 0 Å². The highest BCUT2D eigenvalue weighted by molar-refractivity contribution is 5.34. The van der Waals surface area contributed by atoms with Gasteiger partial charge in [0.15, 0.2) is 0 Å². The van der Waals surface area contributed by atoms with Gasteiger partial charge in [-0.05, 0) is 50.9 Å². The number of aromatic nitrogens is 2. The number of imidazole rings is 1. The highest BCUT2D eigenvalue weighted by Gasteiger charge is 1.97.